The molecule has 0 aromatic rings. The third kappa shape index (κ3) is 25.3. The second kappa shape index (κ2) is 13.8. The van der Waals surface area contributed by atoms with Crippen LogP contribution in [0.25, 0.3) is 0 Å². The van der Waals surface area contributed by atoms with E-state index in [1.165, 1.54) is 0 Å². The molecule has 0 aliphatic rings. The fraction of sp³-hybridized carbons (Fsp3) is 1.00. The van der Waals surface area contributed by atoms with Crippen LogP contribution in [0.15, 0.2) is 0 Å². The Morgan fingerprint density at radius 3 is 1.56 bits per heavy atom. The molecule has 8 heteroatoms. The monoisotopic (exact) mass is 304 g/mol. The van der Waals surface area contributed by atoms with Gasteiger partial charge >= 0.3 is 6.72 Å². The molecule has 0 rings (SSSR count). The zero-order valence-electron chi connectivity index (χ0n) is 10.5. The van der Waals surface area contributed by atoms with Crippen molar-refractivity contribution in [3.8, 4) is 0 Å². The van der Waals surface area contributed by atoms with Gasteiger partial charge in [0.1, 0.15) is 0 Å². The van der Waals surface area contributed by atoms with Gasteiger partial charge in [-0.05, 0) is 24.6 Å². The molecule has 0 aliphatic heterocycles. The Bertz CT molecular complexity index is 198. The Balaban J connectivity index is 0. The van der Waals surface area contributed by atoms with Crippen molar-refractivity contribution in [2.24, 2.45) is 5.92 Å². The Hall–Kier alpha value is 0.410. The predicted octanol–water partition coefficient (Wildman–Crippen LogP) is 0.108. The summed E-state index contributed by atoms with van der Waals surface area (Å²) in [6.45, 7) is -3.34. The molecular weight excluding hydrogens is 279 g/mol. The summed E-state index contributed by atoms with van der Waals surface area (Å²) in [4.78, 5) is 22.7. The van der Waals surface area contributed by atoms with Gasteiger partial charge in [-0.1, -0.05) is 25.7 Å². The minimum Gasteiger partial charge on any atom is -0.396 e. The lowest BCUT2D eigenvalue weighted by atomic mass is 10.0. The second-order valence-electron chi connectivity index (χ2n) is 4.02. The van der Waals surface area contributed by atoms with Gasteiger partial charge in [0, 0.05) is 25.7 Å². The summed E-state index contributed by atoms with van der Waals surface area (Å²) in [6, 6.07) is 0. The highest BCUT2D eigenvalue weighted by molar-refractivity contribution is 8.06. The van der Waals surface area contributed by atoms with Crippen molar-refractivity contribution in [2.75, 3.05) is 19.8 Å². The maximum absolute atomic E-state index is 8.77. The molecule has 0 aliphatic carbocycles. The Morgan fingerprint density at radius 1 is 0.778 bits per heavy atom. The highest BCUT2D eigenvalue weighted by Crippen LogP contribution is 2.26. The fourth-order valence-electron chi connectivity index (χ4n) is 1.32. The van der Waals surface area contributed by atoms with E-state index in [1.807, 2.05) is 0 Å². The van der Waals surface area contributed by atoms with Crippen molar-refractivity contribution < 1.29 is 30.0 Å². The molecule has 0 amide bonds. The molecule has 0 bridgehead atoms. The van der Waals surface area contributed by atoms with Crippen LogP contribution in [0.4, 0.5) is 0 Å². The van der Waals surface area contributed by atoms with Gasteiger partial charge in [0.2, 0.25) is 0 Å². The number of aliphatic hydroxyl groups excluding tert-OH is 3. The highest BCUT2D eigenvalue weighted by Gasteiger charge is 2.04. The molecule has 0 saturated carbocycles. The van der Waals surface area contributed by atoms with Gasteiger partial charge in [-0.25, -0.2) is 0 Å². The molecule has 0 fully saturated rings. The standard InChI is InChI=1S/C10H22O3.H3O3PS/c11-7-5-3-1-2-4-6-10(8-12)9-13;1-4(2,3)5/h10-13H,1-9H2;(H3,1,2,3,5). The molecule has 18 heavy (non-hydrogen) atoms. The maximum atomic E-state index is 8.77. The van der Waals surface area contributed by atoms with Gasteiger partial charge in [0.15, 0.2) is 0 Å². The maximum Gasteiger partial charge on any atom is 0.319 e. The summed E-state index contributed by atoms with van der Waals surface area (Å²) in [5.74, 6) is 0.0674. The second-order valence-corrected chi connectivity index (χ2v) is 6.52. The molecule has 0 spiro atoms. The van der Waals surface area contributed by atoms with Crippen LogP contribution in [0.1, 0.15) is 38.5 Å². The van der Waals surface area contributed by atoms with E-state index < -0.39 is 6.72 Å². The first-order valence-corrected chi connectivity index (χ1v) is 8.62. The minimum absolute atomic E-state index is 0.0674. The van der Waals surface area contributed by atoms with E-state index in [1.54, 1.807) is 0 Å². The Labute approximate surface area is 113 Å². The highest BCUT2D eigenvalue weighted by atomic mass is 32.5. The van der Waals surface area contributed by atoms with Gasteiger partial charge in [-0.15, -0.1) is 0 Å². The lowest BCUT2D eigenvalue weighted by Crippen LogP contribution is -2.10. The van der Waals surface area contributed by atoms with Crippen LogP contribution in [-0.2, 0) is 11.8 Å². The normalized spacial score (nSPS) is 11.3. The van der Waals surface area contributed by atoms with Crippen molar-refractivity contribution in [1.82, 2.24) is 0 Å². The fourth-order valence-corrected chi connectivity index (χ4v) is 1.32. The average Bonchev–Trinajstić information content (AvgIpc) is 2.26. The smallest absolute Gasteiger partial charge is 0.319 e. The van der Waals surface area contributed by atoms with Crippen molar-refractivity contribution in [3.05, 3.63) is 0 Å². The van der Waals surface area contributed by atoms with Crippen LogP contribution in [0, 0.1) is 5.92 Å². The molecule has 0 aromatic carbocycles. The van der Waals surface area contributed by atoms with E-state index in [4.69, 9.17) is 30.0 Å². The molecular formula is C10H25O6PS. The molecule has 0 radical (unpaired) electrons. The van der Waals surface area contributed by atoms with Gasteiger partial charge < -0.3 is 30.0 Å². The zero-order chi connectivity index (χ0) is 14.4. The summed E-state index contributed by atoms with van der Waals surface area (Å²) in [7, 11) is 0. The largest absolute Gasteiger partial charge is 0.396 e. The number of unbranched alkanes of at least 4 members (excludes halogenated alkanes) is 4. The third-order valence-corrected chi connectivity index (χ3v) is 2.29. The summed E-state index contributed by atoms with van der Waals surface area (Å²) in [6.07, 6.45) is 6.23. The topological polar surface area (TPSA) is 121 Å². The quantitative estimate of drug-likeness (QED) is 0.264. The van der Waals surface area contributed by atoms with Crippen molar-refractivity contribution >= 4 is 18.5 Å². The van der Waals surface area contributed by atoms with Crippen LogP contribution in [0.2, 0.25) is 0 Å². The number of hydrogen-bond acceptors (Lipinski definition) is 4. The summed E-state index contributed by atoms with van der Waals surface area (Å²) >= 11 is 3.60. The van der Waals surface area contributed by atoms with Gasteiger partial charge in [0.25, 0.3) is 0 Å². The summed E-state index contributed by atoms with van der Waals surface area (Å²) < 4.78 is 0. The van der Waals surface area contributed by atoms with Crippen LogP contribution in [-0.4, -0.2) is 49.8 Å². The molecule has 0 atom stereocenters. The van der Waals surface area contributed by atoms with Gasteiger partial charge in [-0.3, -0.25) is 0 Å². The summed E-state index contributed by atoms with van der Waals surface area (Å²) in [5.41, 5.74) is 0. The molecule has 0 aromatic heterocycles. The Kier molecular flexibility index (Phi) is 15.9. The van der Waals surface area contributed by atoms with E-state index in [0.717, 1.165) is 38.5 Å². The lowest BCUT2D eigenvalue weighted by molar-refractivity contribution is 0.141. The molecule has 112 valence electrons. The molecule has 6 nitrogen and oxygen atoms in total. The van der Waals surface area contributed by atoms with Crippen molar-refractivity contribution in [3.63, 3.8) is 0 Å². The van der Waals surface area contributed by atoms with Crippen LogP contribution in [0.3, 0.4) is 0 Å². The minimum atomic E-state index is -3.81. The van der Waals surface area contributed by atoms with E-state index >= 15 is 0 Å². The first kappa shape index (κ1) is 20.7. The van der Waals surface area contributed by atoms with E-state index in [0.29, 0.717) is 0 Å². The molecule has 6 N–H and O–H groups in total. The van der Waals surface area contributed by atoms with Crippen LogP contribution in [0.5, 0.6) is 0 Å². The lowest BCUT2D eigenvalue weighted by Gasteiger charge is -2.09. The zero-order valence-corrected chi connectivity index (χ0v) is 12.2. The van der Waals surface area contributed by atoms with E-state index in [9.17, 15) is 0 Å². The van der Waals surface area contributed by atoms with Crippen molar-refractivity contribution in [1.29, 1.82) is 0 Å². The van der Waals surface area contributed by atoms with Gasteiger partial charge in [-0.2, -0.15) is 0 Å². The van der Waals surface area contributed by atoms with E-state index in [-0.39, 0.29) is 25.7 Å². The van der Waals surface area contributed by atoms with Gasteiger partial charge in [0.05, 0.1) is 0 Å². The first-order valence-electron chi connectivity index (χ1n) is 5.96. The number of aliphatic hydroxyl groups is 3. The number of rotatable bonds is 9. The average molecular weight is 304 g/mol. The number of hydrogen-bond donors (Lipinski definition) is 6. The van der Waals surface area contributed by atoms with Crippen LogP contribution < -0.4 is 0 Å². The summed E-state index contributed by atoms with van der Waals surface area (Å²) in [5, 5.41) is 26.1. The third-order valence-electron chi connectivity index (χ3n) is 2.29. The molecule has 0 heterocycles. The predicted molar refractivity (Wildman–Crippen MR) is 73.4 cm³/mol. The first-order chi connectivity index (χ1) is 8.35. The van der Waals surface area contributed by atoms with Crippen molar-refractivity contribution in [2.45, 2.75) is 38.5 Å². The molecule has 0 saturated heterocycles. The van der Waals surface area contributed by atoms with E-state index in [2.05, 4.69) is 11.8 Å². The SMILES string of the molecule is OCCCCCCCC(CO)CO.OP(O)(O)=S. The Morgan fingerprint density at radius 2 is 1.17 bits per heavy atom. The van der Waals surface area contributed by atoms with Crippen LogP contribution >= 0.6 is 6.72 Å². The molecule has 0 unspecified atom stereocenters.